The molecule has 0 fully saturated rings. The number of rotatable bonds is 4. The third kappa shape index (κ3) is 2.82. The molecule has 1 heterocycles. The molecule has 1 aromatic heterocycles. The van der Waals surface area contributed by atoms with Gasteiger partial charge in [-0.25, -0.2) is 0 Å². The molecule has 1 atom stereocenters. The third-order valence-corrected chi connectivity index (χ3v) is 1.75. The van der Waals surface area contributed by atoms with Crippen LogP contribution < -0.4 is 5.73 Å². The second-order valence-electron chi connectivity index (χ2n) is 3.36. The van der Waals surface area contributed by atoms with Gasteiger partial charge >= 0.3 is 0 Å². The lowest BCUT2D eigenvalue weighted by atomic mass is 10.2. The maximum Gasteiger partial charge on any atom is 0.0980 e. The molecule has 0 radical (unpaired) electrons. The van der Waals surface area contributed by atoms with Crippen LogP contribution in [-0.2, 0) is 11.8 Å². The van der Waals surface area contributed by atoms with E-state index in [1.807, 2.05) is 27.1 Å². The zero-order valence-electron chi connectivity index (χ0n) is 8.40. The molecule has 4 heteroatoms. The molecule has 0 aliphatic carbocycles. The van der Waals surface area contributed by atoms with E-state index in [9.17, 15) is 0 Å². The number of hydrogen-bond acceptors (Lipinski definition) is 3. The number of hydrogen-bond donors (Lipinski definition) is 1. The first-order valence-electron chi connectivity index (χ1n) is 4.47. The monoisotopic (exact) mass is 183 g/mol. The summed E-state index contributed by atoms with van der Waals surface area (Å²) in [5.74, 6) is 0. The molecule has 1 aromatic rings. The maximum atomic E-state index is 5.62. The van der Waals surface area contributed by atoms with E-state index in [1.165, 1.54) is 0 Å². The minimum absolute atomic E-state index is 0.0336. The molecule has 0 aromatic carbocycles. The van der Waals surface area contributed by atoms with Gasteiger partial charge in [-0.3, -0.25) is 4.68 Å². The summed E-state index contributed by atoms with van der Waals surface area (Å²) in [4.78, 5) is 0. The van der Waals surface area contributed by atoms with Crippen LogP contribution in [0.5, 0.6) is 0 Å². The number of nitrogens with two attached hydrogens (primary N) is 1. The van der Waals surface area contributed by atoms with E-state index in [4.69, 9.17) is 10.5 Å². The Morgan fingerprint density at radius 1 is 1.62 bits per heavy atom. The first-order valence-corrected chi connectivity index (χ1v) is 4.47. The Morgan fingerprint density at radius 3 is 2.69 bits per heavy atom. The molecule has 0 spiro atoms. The van der Waals surface area contributed by atoms with E-state index in [-0.39, 0.29) is 12.2 Å². The Hall–Kier alpha value is -0.870. The van der Waals surface area contributed by atoms with Gasteiger partial charge in [-0.2, -0.15) is 5.10 Å². The van der Waals surface area contributed by atoms with Gasteiger partial charge in [0, 0.05) is 25.4 Å². The number of aryl methyl sites for hydroxylation is 1. The molecule has 74 valence electrons. The van der Waals surface area contributed by atoms with Gasteiger partial charge < -0.3 is 10.5 Å². The van der Waals surface area contributed by atoms with Gasteiger partial charge in [0.25, 0.3) is 0 Å². The van der Waals surface area contributed by atoms with Crippen molar-refractivity contribution in [1.29, 1.82) is 0 Å². The lowest BCUT2D eigenvalue weighted by Gasteiger charge is -2.16. The van der Waals surface area contributed by atoms with Crippen LogP contribution >= 0.6 is 0 Å². The molecular weight excluding hydrogens is 166 g/mol. The topological polar surface area (TPSA) is 53.1 Å². The van der Waals surface area contributed by atoms with Crippen LogP contribution in [0.2, 0.25) is 0 Å². The molecule has 1 unspecified atom stereocenters. The van der Waals surface area contributed by atoms with Crippen LogP contribution in [0.4, 0.5) is 0 Å². The molecule has 13 heavy (non-hydrogen) atoms. The van der Waals surface area contributed by atoms with Crippen molar-refractivity contribution in [2.24, 2.45) is 12.8 Å². The van der Waals surface area contributed by atoms with Gasteiger partial charge in [-0.05, 0) is 13.8 Å². The van der Waals surface area contributed by atoms with Crippen LogP contribution in [0.15, 0.2) is 12.4 Å². The highest BCUT2D eigenvalue weighted by Gasteiger charge is 2.13. The highest BCUT2D eigenvalue weighted by Crippen LogP contribution is 2.16. The highest BCUT2D eigenvalue weighted by atomic mass is 16.5. The normalized spacial score (nSPS) is 13.6. The summed E-state index contributed by atoms with van der Waals surface area (Å²) in [6.07, 6.45) is 3.88. The minimum Gasteiger partial charge on any atom is -0.369 e. The van der Waals surface area contributed by atoms with E-state index in [1.54, 1.807) is 10.9 Å². The van der Waals surface area contributed by atoms with Crippen molar-refractivity contribution >= 4 is 0 Å². The molecule has 0 saturated carbocycles. The van der Waals surface area contributed by atoms with Gasteiger partial charge in [0.1, 0.15) is 0 Å². The fourth-order valence-corrected chi connectivity index (χ4v) is 1.21. The zero-order chi connectivity index (χ0) is 9.84. The van der Waals surface area contributed by atoms with Gasteiger partial charge in [-0.1, -0.05) is 0 Å². The first-order chi connectivity index (χ1) is 6.13. The molecule has 0 amide bonds. The van der Waals surface area contributed by atoms with Crippen LogP contribution in [0.3, 0.4) is 0 Å². The minimum atomic E-state index is -0.0336. The molecule has 0 aliphatic rings. The van der Waals surface area contributed by atoms with Crippen LogP contribution in [0, 0.1) is 0 Å². The van der Waals surface area contributed by atoms with Crippen molar-refractivity contribution in [1.82, 2.24) is 9.78 Å². The third-order valence-electron chi connectivity index (χ3n) is 1.75. The van der Waals surface area contributed by atoms with E-state index in [0.29, 0.717) is 6.54 Å². The van der Waals surface area contributed by atoms with Gasteiger partial charge in [0.15, 0.2) is 0 Å². The van der Waals surface area contributed by atoms with Crippen molar-refractivity contribution < 1.29 is 4.74 Å². The quantitative estimate of drug-likeness (QED) is 0.752. The van der Waals surface area contributed by atoms with Gasteiger partial charge in [0.2, 0.25) is 0 Å². The summed E-state index contributed by atoms with van der Waals surface area (Å²) in [5, 5.41) is 4.07. The Balaban J connectivity index is 2.66. The summed E-state index contributed by atoms with van der Waals surface area (Å²) >= 11 is 0. The Kier molecular flexibility index (Phi) is 3.45. The van der Waals surface area contributed by atoms with Crippen molar-refractivity contribution in [2.45, 2.75) is 26.1 Å². The van der Waals surface area contributed by atoms with E-state index >= 15 is 0 Å². The lowest BCUT2D eigenvalue weighted by Crippen LogP contribution is -2.18. The Bertz CT molecular complexity index is 257. The zero-order valence-corrected chi connectivity index (χ0v) is 8.40. The molecule has 0 aliphatic heterocycles. The molecular formula is C9H17N3O. The Labute approximate surface area is 78.7 Å². The molecule has 0 saturated heterocycles. The van der Waals surface area contributed by atoms with Crippen molar-refractivity contribution in [2.75, 3.05) is 6.54 Å². The number of nitrogens with zero attached hydrogens (tertiary/aromatic N) is 2. The van der Waals surface area contributed by atoms with Crippen molar-refractivity contribution in [3.8, 4) is 0 Å². The molecule has 0 bridgehead atoms. The lowest BCUT2D eigenvalue weighted by molar-refractivity contribution is 0.0119. The largest absolute Gasteiger partial charge is 0.369 e. The van der Waals surface area contributed by atoms with E-state index in [0.717, 1.165) is 5.56 Å². The van der Waals surface area contributed by atoms with Crippen molar-refractivity contribution in [3.63, 3.8) is 0 Å². The summed E-state index contributed by atoms with van der Waals surface area (Å²) in [6, 6.07) is 0. The predicted octanol–water partition coefficient (Wildman–Crippen LogP) is 0.845. The van der Waals surface area contributed by atoms with Gasteiger partial charge in [0.05, 0.1) is 18.4 Å². The number of ether oxygens (including phenoxy) is 1. The molecule has 1 rings (SSSR count). The summed E-state index contributed by atoms with van der Waals surface area (Å²) in [7, 11) is 1.88. The SMILES string of the molecule is CC(C)OC(CN)c1cnn(C)c1. The number of aromatic nitrogens is 2. The average molecular weight is 183 g/mol. The maximum absolute atomic E-state index is 5.62. The smallest absolute Gasteiger partial charge is 0.0980 e. The van der Waals surface area contributed by atoms with Crippen LogP contribution in [-0.4, -0.2) is 22.4 Å². The summed E-state index contributed by atoms with van der Waals surface area (Å²) in [5.41, 5.74) is 6.64. The van der Waals surface area contributed by atoms with Crippen molar-refractivity contribution in [3.05, 3.63) is 18.0 Å². The molecule has 2 N–H and O–H groups in total. The van der Waals surface area contributed by atoms with Crippen LogP contribution in [0.25, 0.3) is 0 Å². The second-order valence-corrected chi connectivity index (χ2v) is 3.36. The van der Waals surface area contributed by atoms with Gasteiger partial charge in [-0.15, -0.1) is 0 Å². The Morgan fingerprint density at radius 2 is 2.31 bits per heavy atom. The average Bonchev–Trinajstić information content (AvgIpc) is 2.47. The van der Waals surface area contributed by atoms with Crippen LogP contribution in [0.1, 0.15) is 25.5 Å². The fourth-order valence-electron chi connectivity index (χ4n) is 1.21. The predicted molar refractivity (Wildman–Crippen MR) is 51.2 cm³/mol. The standard InChI is InChI=1S/C9H17N3O/c1-7(2)13-9(4-10)8-5-11-12(3)6-8/h5-7,9H,4,10H2,1-3H3. The summed E-state index contributed by atoms with van der Waals surface area (Å²) < 4.78 is 7.37. The summed E-state index contributed by atoms with van der Waals surface area (Å²) in [6.45, 7) is 4.49. The van der Waals surface area contributed by atoms with E-state index in [2.05, 4.69) is 5.10 Å². The molecule has 4 nitrogen and oxygen atoms in total. The highest BCUT2D eigenvalue weighted by molar-refractivity contribution is 5.08. The second kappa shape index (κ2) is 4.39. The van der Waals surface area contributed by atoms with E-state index < -0.39 is 0 Å². The fraction of sp³-hybridized carbons (Fsp3) is 0.667. The first kappa shape index (κ1) is 10.2.